The number of benzene rings is 2. The van der Waals surface area contributed by atoms with Crippen molar-refractivity contribution in [3.05, 3.63) is 64.2 Å². The van der Waals surface area contributed by atoms with Gasteiger partial charge in [-0.05, 0) is 49.1 Å². The van der Waals surface area contributed by atoms with Gasteiger partial charge in [-0.2, -0.15) is 0 Å². The topological polar surface area (TPSA) is 47.3 Å². The van der Waals surface area contributed by atoms with Crippen molar-refractivity contribution in [3.8, 4) is 5.75 Å². The molecule has 0 aliphatic heterocycles. The van der Waals surface area contributed by atoms with E-state index in [4.69, 9.17) is 10.6 Å². The van der Waals surface area contributed by atoms with Crippen LogP contribution >= 0.6 is 0 Å². The fourth-order valence-corrected chi connectivity index (χ4v) is 2.49. The van der Waals surface area contributed by atoms with E-state index < -0.39 is 0 Å². The molecule has 3 nitrogen and oxygen atoms in total. The highest BCUT2D eigenvalue weighted by atomic mass is 16.5. The first kappa shape index (κ1) is 14.6. The summed E-state index contributed by atoms with van der Waals surface area (Å²) in [6.07, 6.45) is 0. The van der Waals surface area contributed by atoms with Gasteiger partial charge in [-0.25, -0.2) is 5.43 Å². The maximum absolute atomic E-state index is 5.81. The SMILES string of the molecule is COc1cc(C)ccc1C(NN)c1cccc(C)c1C. The fourth-order valence-electron chi connectivity index (χ4n) is 2.49. The van der Waals surface area contributed by atoms with Gasteiger partial charge in [0.05, 0.1) is 13.2 Å². The van der Waals surface area contributed by atoms with Crippen molar-refractivity contribution < 1.29 is 4.74 Å². The van der Waals surface area contributed by atoms with Crippen LogP contribution in [0.5, 0.6) is 5.75 Å². The van der Waals surface area contributed by atoms with E-state index in [0.717, 1.165) is 11.3 Å². The first-order valence-electron chi connectivity index (χ1n) is 6.75. The third-order valence-corrected chi connectivity index (χ3v) is 3.82. The molecule has 0 saturated heterocycles. The Kier molecular flexibility index (Phi) is 4.42. The van der Waals surface area contributed by atoms with E-state index in [1.165, 1.54) is 22.3 Å². The number of hydrogen-bond donors (Lipinski definition) is 2. The smallest absolute Gasteiger partial charge is 0.124 e. The Morgan fingerprint density at radius 3 is 2.45 bits per heavy atom. The molecule has 2 aromatic rings. The first-order valence-corrected chi connectivity index (χ1v) is 6.75. The van der Waals surface area contributed by atoms with Gasteiger partial charge in [0.1, 0.15) is 5.75 Å². The summed E-state index contributed by atoms with van der Waals surface area (Å²) < 4.78 is 5.51. The molecule has 2 rings (SSSR count). The van der Waals surface area contributed by atoms with Crippen molar-refractivity contribution in [2.45, 2.75) is 26.8 Å². The summed E-state index contributed by atoms with van der Waals surface area (Å²) in [5, 5.41) is 0. The Balaban J connectivity index is 2.55. The molecule has 0 saturated carbocycles. The maximum Gasteiger partial charge on any atom is 0.124 e. The summed E-state index contributed by atoms with van der Waals surface area (Å²) in [5.41, 5.74) is 8.82. The number of methoxy groups -OCH3 is 1. The number of nitrogens with one attached hydrogen (secondary N) is 1. The molecule has 0 heterocycles. The monoisotopic (exact) mass is 270 g/mol. The summed E-state index contributed by atoms with van der Waals surface area (Å²) in [4.78, 5) is 0. The summed E-state index contributed by atoms with van der Waals surface area (Å²) in [6.45, 7) is 6.28. The highest BCUT2D eigenvalue weighted by Crippen LogP contribution is 2.32. The predicted octanol–water partition coefficient (Wildman–Crippen LogP) is 3.17. The number of hydrogen-bond acceptors (Lipinski definition) is 3. The lowest BCUT2D eigenvalue weighted by Gasteiger charge is -2.22. The quantitative estimate of drug-likeness (QED) is 0.662. The Bertz CT molecular complexity index is 608. The molecule has 1 unspecified atom stereocenters. The largest absolute Gasteiger partial charge is 0.496 e. The molecule has 0 fully saturated rings. The van der Waals surface area contributed by atoms with Crippen molar-refractivity contribution in [3.63, 3.8) is 0 Å². The van der Waals surface area contributed by atoms with E-state index in [1.807, 2.05) is 6.07 Å². The lowest BCUT2D eigenvalue weighted by atomic mass is 9.92. The molecule has 2 aromatic carbocycles. The zero-order valence-corrected chi connectivity index (χ0v) is 12.5. The van der Waals surface area contributed by atoms with E-state index in [9.17, 15) is 0 Å². The molecule has 0 bridgehead atoms. The van der Waals surface area contributed by atoms with Crippen LogP contribution in [0.4, 0.5) is 0 Å². The van der Waals surface area contributed by atoms with Crippen LogP contribution < -0.4 is 16.0 Å². The van der Waals surface area contributed by atoms with Crippen LogP contribution in [0.2, 0.25) is 0 Å². The van der Waals surface area contributed by atoms with Crippen LogP contribution in [-0.4, -0.2) is 7.11 Å². The van der Waals surface area contributed by atoms with E-state index in [1.54, 1.807) is 7.11 Å². The van der Waals surface area contributed by atoms with Crippen LogP contribution in [0.3, 0.4) is 0 Å². The zero-order chi connectivity index (χ0) is 14.7. The second-order valence-electron chi connectivity index (χ2n) is 5.13. The summed E-state index contributed by atoms with van der Waals surface area (Å²) in [5.74, 6) is 6.67. The van der Waals surface area contributed by atoms with E-state index in [-0.39, 0.29) is 6.04 Å². The Morgan fingerprint density at radius 1 is 1.05 bits per heavy atom. The van der Waals surface area contributed by atoms with Crippen molar-refractivity contribution in [2.24, 2.45) is 5.84 Å². The normalized spacial score (nSPS) is 12.2. The van der Waals surface area contributed by atoms with Gasteiger partial charge in [0.2, 0.25) is 0 Å². The lowest BCUT2D eigenvalue weighted by Crippen LogP contribution is -2.29. The highest BCUT2D eigenvalue weighted by molar-refractivity contribution is 5.46. The summed E-state index contributed by atoms with van der Waals surface area (Å²) in [7, 11) is 1.69. The van der Waals surface area contributed by atoms with Crippen molar-refractivity contribution in [1.82, 2.24) is 5.43 Å². The van der Waals surface area contributed by atoms with Gasteiger partial charge in [-0.3, -0.25) is 5.84 Å². The number of rotatable bonds is 4. The van der Waals surface area contributed by atoms with E-state index >= 15 is 0 Å². The van der Waals surface area contributed by atoms with Gasteiger partial charge in [0.25, 0.3) is 0 Å². The molecule has 0 aliphatic carbocycles. The van der Waals surface area contributed by atoms with Crippen LogP contribution in [0.15, 0.2) is 36.4 Å². The molecule has 1 atom stereocenters. The molecular formula is C17H22N2O. The number of ether oxygens (including phenoxy) is 1. The Labute approximate surface area is 120 Å². The van der Waals surface area contributed by atoms with Gasteiger partial charge < -0.3 is 4.74 Å². The van der Waals surface area contributed by atoms with Gasteiger partial charge in [0, 0.05) is 5.56 Å². The molecule has 3 N–H and O–H groups in total. The minimum absolute atomic E-state index is 0.0783. The maximum atomic E-state index is 5.81. The first-order chi connectivity index (χ1) is 9.58. The minimum Gasteiger partial charge on any atom is -0.496 e. The molecule has 0 amide bonds. The molecule has 0 radical (unpaired) electrons. The number of aryl methyl sites for hydroxylation is 2. The van der Waals surface area contributed by atoms with Gasteiger partial charge in [0.15, 0.2) is 0 Å². The van der Waals surface area contributed by atoms with E-state index in [2.05, 4.69) is 56.5 Å². The molecule has 0 aromatic heterocycles. The number of nitrogens with two attached hydrogens (primary N) is 1. The Hall–Kier alpha value is -1.84. The average Bonchev–Trinajstić information content (AvgIpc) is 2.45. The minimum atomic E-state index is -0.0783. The van der Waals surface area contributed by atoms with Crippen LogP contribution in [-0.2, 0) is 0 Å². The second-order valence-corrected chi connectivity index (χ2v) is 5.13. The molecule has 0 spiro atoms. The molecule has 20 heavy (non-hydrogen) atoms. The van der Waals surface area contributed by atoms with Crippen LogP contribution in [0.25, 0.3) is 0 Å². The van der Waals surface area contributed by atoms with Crippen molar-refractivity contribution >= 4 is 0 Å². The molecule has 3 heteroatoms. The molecular weight excluding hydrogens is 248 g/mol. The Morgan fingerprint density at radius 2 is 1.80 bits per heavy atom. The van der Waals surface area contributed by atoms with Crippen LogP contribution in [0, 0.1) is 20.8 Å². The third kappa shape index (κ3) is 2.69. The third-order valence-electron chi connectivity index (χ3n) is 3.82. The van der Waals surface area contributed by atoms with Gasteiger partial charge >= 0.3 is 0 Å². The zero-order valence-electron chi connectivity index (χ0n) is 12.5. The molecule has 106 valence electrons. The van der Waals surface area contributed by atoms with Crippen LogP contribution in [0.1, 0.15) is 33.9 Å². The predicted molar refractivity (Wildman–Crippen MR) is 82.8 cm³/mol. The van der Waals surface area contributed by atoms with E-state index in [0.29, 0.717) is 0 Å². The average molecular weight is 270 g/mol. The van der Waals surface area contributed by atoms with Gasteiger partial charge in [-0.1, -0.05) is 30.3 Å². The summed E-state index contributed by atoms with van der Waals surface area (Å²) >= 11 is 0. The standard InChI is InChI=1S/C17H22N2O/c1-11-8-9-15(16(10-11)20-4)17(19-18)14-7-5-6-12(2)13(14)3/h5-10,17,19H,18H2,1-4H3. The van der Waals surface area contributed by atoms with Gasteiger partial charge in [-0.15, -0.1) is 0 Å². The lowest BCUT2D eigenvalue weighted by molar-refractivity contribution is 0.404. The second kappa shape index (κ2) is 6.07. The van der Waals surface area contributed by atoms with Crippen molar-refractivity contribution in [1.29, 1.82) is 0 Å². The van der Waals surface area contributed by atoms with Crippen molar-refractivity contribution in [2.75, 3.05) is 7.11 Å². The number of hydrazine groups is 1. The summed E-state index contributed by atoms with van der Waals surface area (Å²) in [6, 6.07) is 12.4. The highest BCUT2D eigenvalue weighted by Gasteiger charge is 2.19. The molecule has 0 aliphatic rings. The fraction of sp³-hybridized carbons (Fsp3) is 0.294.